The second kappa shape index (κ2) is 10.7. The molecule has 0 radical (unpaired) electrons. The minimum atomic E-state index is -0.559. The van der Waals surface area contributed by atoms with E-state index in [0.717, 1.165) is 11.3 Å². The third-order valence-corrected chi connectivity index (χ3v) is 6.84. The molecule has 3 aliphatic rings. The quantitative estimate of drug-likeness (QED) is 0.525. The molecule has 1 saturated heterocycles. The normalized spacial score (nSPS) is 19.9. The molecule has 0 aliphatic carbocycles. The van der Waals surface area contributed by atoms with Crippen LogP contribution in [0.4, 0.5) is 0 Å². The van der Waals surface area contributed by atoms with Crippen molar-refractivity contribution in [3.63, 3.8) is 0 Å². The molecule has 35 heavy (non-hydrogen) atoms. The van der Waals surface area contributed by atoms with Gasteiger partial charge in [-0.2, -0.15) is 0 Å². The van der Waals surface area contributed by atoms with E-state index in [0.29, 0.717) is 54.2 Å². The van der Waals surface area contributed by atoms with Crippen molar-refractivity contribution in [1.29, 1.82) is 0 Å². The number of fused-ring (bicyclic) bond motifs is 1. The van der Waals surface area contributed by atoms with Gasteiger partial charge in [0.25, 0.3) is 0 Å². The number of esters is 1. The van der Waals surface area contributed by atoms with Crippen molar-refractivity contribution in [3.05, 3.63) is 46.1 Å². The first-order chi connectivity index (χ1) is 16.8. The molecule has 0 unspecified atom stereocenters. The molecule has 1 atom stereocenters. The van der Waals surface area contributed by atoms with Gasteiger partial charge in [0.1, 0.15) is 11.5 Å². The number of thioether (sulfide) groups is 1. The summed E-state index contributed by atoms with van der Waals surface area (Å²) in [5.74, 6) is 0.766. The summed E-state index contributed by atoms with van der Waals surface area (Å²) >= 11 is 1.44. The average Bonchev–Trinajstić information content (AvgIpc) is 3.24. The highest BCUT2D eigenvalue weighted by molar-refractivity contribution is 8.16. The molecule has 0 aromatic heterocycles. The van der Waals surface area contributed by atoms with E-state index in [1.54, 1.807) is 20.3 Å². The number of carbonyl (C=O) groups excluding carboxylic acids is 2. The van der Waals surface area contributed by atoms with E-state index >= 15 is 0 Å². The zero-order valence-corrected chi connectivity index (χ0v) is 21.5. The molecule has 4 rings (SSSR count). The number of hydrogen-bond acceptors (Lipinski definition) is 9. The third kappa shape index (κ3) is 5.33. The number of ether oxygens (including phenoxy) is 4. The van der Waals surface area contributed by atoms with Gasteiger partial charge in [-0.25, -0.2) is 9.79 Å². The molecular weight excluding hydrogens is 470 g/mol. The lowest BCUT2D eigenvalue weighted by Gasteiger charge is -2.37. The van der Waals surface area contributed by atoms with E-state index in [2.05, 4.69) is 0 Å². The first-order valence-electron chi connectivity index (χ1n) is 11.6. The summed E-state index contributed by atoms with van der Waals surface area (Å²) < 4.78 is 22.0. The van der Waals surface area contributed by atoms with E-state index in [1.165, 1.54) is 11.8 Å². The largest absolute Gasteiger partial charge is 0.497 e. The summed E-state index contributed by atoms with van der Waals surface area (Å²) in [6, 6.07) is 4.96. The minimum absolute atomic E-state index is 0.0148. The lowest BCUT2D eigenvalue weighted by atomic mass is 9.93. The summed E-state index contributed by atoms with van der Waals surface area (Å²) in [5, 5.41) is 2.64. The van der Waals surface area contributed by atoms with Gasteiger partial charge in [0.05, 0.1) is 57.3 Å². The molecule has 0 spiro atoms. The summed E-state index contributed by atoms with van der Waals surface area (Å²) in [7, 11) is 3.17. The molecule has 1 aromatic carbocycles. The van der Waals surface area contributed by atoms with Crippen molar-refractivity contribution >= 4 is 28.8 Å². The predicted molar refractivity (Wildman–Crippen MR) is 133 cm³/mol. The summed E-state index contributed by atoms with van der Waals surface area (Å²) in [6.07, 6.45) is -0.102. The van der Waals surface area contributed by atoms with E-state index < -0.39 is 12.0 Å². The Bertz CT molecular complexity index is 1070. The van der Waals surface area contributed by atoms with Crippen LogP contribution >= 0.6 is 11.8 Å². The number of hydrogen-bond donors (Lipinski definition) is 0. The van der Waals surface area contributed by atoms with Crippen LogP contribution in [0, 0.1) is 0 Å². The van der Waals surface area contributed by atoms with Crippen molar-refractivity contribution in [1.82, 2.24) is 9.80 Å². The Balaban J connectivity index is 1.76. The number of amides is 1. The van der Waals surface area contributed by atoms with Crippen LogP contribution in [0.5, 0.6) is 11.5 Å². The van der Waals surface area contributed by atoms with Gasteiger partial charge in [-0.3, -0.25) is 4.79 Å². The number of allylic oxidation sites excluding steroid dienone is 1. The van der Waals surface area contributed by atoms with Crippen LogP contribution in [-0.2, 0) is 19.1 Å². The fraction of sp³-hybridized carbons (Fsp3) is 0.480. The van der Waals surface area contributed by atoms with Crippen molar-refractivity contribution in [2.45, 2.75) is 39.3 Å². The fourth-order valence-electron chi connectivity index (χ4n) is 4.29. The molecule has 0 N–H and O–H groups in total. The molecule has 9 nitrogen and oxygen atoms in total. The highest BCUT2D eigenvalue weighted by Gasteiger charge is 2.42. The van der Waals surface area contributed by atoms with Gasteiger partial charge < -0.3 is 28.7 Å². The van der Waals surface area contributed by atoms with E-state index in [-0.39, 0.29) is 18.4 Å². The van der Waals surface area contributed by atoms with Crippen LogP contribution < -0.4 is 9.47 Å². The van der Waals surface area contributed by atoms with Crippen molar-refractivity contribution in [3.8, 4) is 11.5 Å². The minimum Gasteiger partial charge on any atom is -0.497 e. The second-order valence-corrected chi connectivity index (χ2v) is 9.50. The Kier molecular flexibility index (Phi) is 7.71. The van der Waals surface area contributed by atoms with Crippen LogP contribution in [0.25, 0.3) is 0 Å². The molecule has 10 heteroatoms. The van der Waals surface area contributed by atoms with Crippen molar-refractivity contribution in [2.24, 2.45) is 4.99 Å². The van der Waals surface area contributed by atoms with Gasteiger partial charge in [-0.05, 0) is 43.9 Å². The Morgan fingerprint density at radius 1 is 1.14 bits per heavy atom. The second-order valence-electron chi connectivity index (χ2n) is 8.66. The predicted octanol–water partition coefficient (Wildman–Crippen LogP) is 3.48. The number of aliphatic imine (C=N–C) groups is 1. The Hall–Kier alpha value is -2.98. The van der Waals surface area contributed by atoms with Crippen LogP contribution in [0.2, 0.25) is 0 Å². The zero-order chi connectivity index (χ0) is 25.1. The number of morpholine rings is 1. The van der Waals surface area contributed by atoms with E-state index in [9.17, 15) is 9.59 Å². The van der Waals surface area contributed by atoms with Crippen LogP contribution in [0.1, 0.15) is 38.8 Å². The smallest absolute Gasteiger partial charge is 0.338 e. The van der Waals surface area contributed by atoms with E-state index in [4.69, 9.17) is 23.9 Å². The number of amidine groups is 1. The molecule has 3 heterocycles. The highest BCUT2D eigenvalue weighted by atomic mass is 32.2. The maximum atomic E-state index is 13.3. The van der Waals surface area contributed by atoms with Gasteiger partial charge in [0.15, 0.2) is 5.17 Å². The summed E-state index contributed by atoms with van der Waals surface area (Å²) in [4.78, 5) is 34.9. The molecule has 0 bridgehead atoms. The Labute approximate surface area is 209 Å². The van der Waals surface area contributed by atoms with Crippen LogP contribution in [0.3, 0.4) is 0 Å². The Morgan fingerprint density at radius 3 is 2.40 bits per heavy atom. The maximum Gasteiger partial charge on any atom is 0.338 e. The Morgan fingerprint density at radius 2 is 1.80 bits per heavy atom. The van der Waals surface area contributed by atoms with Crippen LogP contribution in [0.15, 0.2) is 45.6 Å². The number of rotatable bonds is 7. The van der Waals surface area contributed by atoms with Gasteiger partial charge in [0.2, 0.25) is 5.91 Å². The molecule has 0 saturated carbocycles. The SMILES string of the molecule is COc1cc(OC)cc([C@@H]2C(C(=O)OC(C)C)=C(C)N=C3SC=C(CC(=O)N4CCOCC4)N32)c1. The van der Waals surface area contributed by atoms with Gasteiger partial charge in [-0.15, -0.1) is 0 Å². The lowest BCUT2D eigenvalue weighted by molar-refractivity contribution is -0.143. The lowest BCUT2D eigenvalue weighted by Crippen LogP contribution is -2.42. The molecule has 188 valence electrons. The molecule has 3 aliphatic heterocycles. The number of benzene rings is 1. The number of nitrogens with zero attached hydrogens (tertiary/aromatic N) is 3. The highest BCUT2D eigenvalue weighted by Crippen LogP contribution is 2.46. The maximum absolute atomic E-state index is 13.3. The fourth-order valence-corrected chi connectivity index (χ4v) is 5.25. The number of methoxy groups -OCH3 is 2. The summed E-state index contributed by atoms with van der Waals surface area (Å²) in [6.45, 7) is 7.65. The molecule has 1 amide bonds. The molecular formula is C25H31N3O6S. The van der Waals surface area contributed by atoms with Gasteiger partial charge in [-0.1, -0.05) is 11.8 Å². The zero-order valence-electron chi connectivity index (χ0n) is 20.7. The van der Waals surface area contributed by atoms with Gasteiger partial charge in [0, 0.05) is 24.9 Å². The van der Waals surface area contributed by atoms with E-state index in [1.807, 2.05) is 48.1 Å². The molecule has 1 fully saturated rings. The summed E-state index contributed by atoms with van der Waals surface area (Å²) in [5.41, 5.74) is 2.55. The van der Waals surface area contributed by atoms with Crippen LogP contribution in [-0.4, -0.2) is 73.5 Å². The third-order valence-electron chi connectivity index (χ3n) is 5.95. The first-order valence-corrected chi connectivity index (χ1v) is 12.4. The topological polar surface area (TPSA) is 89.9 Å². The van der Waals surface area contributed by atoms with Crippen molar-refractivity contribution in [2.75, 3.05) is 40.5 Å². The van der Waals surface area contributed by atoms with Crippen molar-refractivity contribution < 1.29 is 28.5 Å². The standard InChI is InChI=1S/C25H31N3O6S/c1-15(2)34-24(30)22-16(3)26-25-28(23(22)17-10-19(31-4)13-20(11-17)32-5)18(14-35-25)12-21(29)27-6-8-33-9-7-27/h10-11,13-15,23H,6-9,12H2,1-5H3/t23-/m1/s1. The average molecular weight is 502 g/mol. The monoisotopic (exact) mass is 501 g/mol. The molecule has 1 aromatic rings. The number of carbonyl (C=O) groups is 2. The van der Waals surface area contributed by atoms with Gasteiger partial charge >= 0.3 is 5.97 Å². The first kappa shape index (κ1) is 25.1.